The molecule has 0 aromatic heterocycles. The smallest absolute Gasteiger partial charge is 0.416 e. The molecule has 2 aromatic carbocycles. The van der Waals surface area contributed by atoms with Crippen LogP contribution in [0, 0.1) is 0 Å². The van der Waals surface area contributed by atoms with Crippen molar-refractivity contribution in [3.05, 3.63) is 65.2 Å². The van der Waals surface area contributed by atoms with Gasteiger partial charge < -0.3 is 10.1 Å². The minimum absolute atomic E-state index is 0.182. The van der Waals surface area contributed by atoms with Gasteiger partial charge in [-0.15, -0.1) is 0 Å². The van der Waals surface area contributed by atoms with E-state index in [2.05, 4.69) is 15.0 Å². The summed E-state index contributed by atoms with van der Waals surface area (Å²) in [6.07, 6.45) is -4.33. The van der Waals surface area contributed by atoms with Crippen molar-refractivity contribution >= 4 is 17.6 Å². The van der Waals surface area contributed by atoms with Gasteiger partial charge in [0.05, 0.1) is 24.8 Å². The molecule has 166 valence electrons. The van der Waals surface area contributed by atoms with E-state index in [1.54, 1.807) is 24.3 Å². The highest BCUT2D eigenvalue weighted by atomic mass is 19.4. The van der Waals surface area contributed by atoms with E-state index in [4.69, 9.17) is 0 Å². The Morgan fingerprint density at radius 3 is 2.26 bits per heavy atom. The first-order valence-electron chi connectivity index (χ1n) is 9.83. The number of hydrogen-bond donors (Lipinski definition) is 1. The number of alkyl halides is 3. The number of carbonyl (C=O) groups is 2. The molecule has 3 rings (SSSR count). The summed E-state index contributed by atoms with van der Waals surface area (Å²) >= 11 is 0. The van der Waals surface area contributed by atoms with Gasteiger partial charge in [-0.25, -0.2) is 4.79 Å². The van der Waals surface area contributed by atoms with E-state index < -0.39 is 17.7 Å². The molecule has 1 saturated heterocycles. The van der Waals surface area contributed by atoms with Crippen molar-refractivity contribution in [3.63, 3.8) is 0 Å². The summed E-state index contributed by atoms with van der Waals surface area (Å²) in [7, 11) is 1.30. The van der Waals surface area contributed by atoms with Crippen LogP contribution in [0.3, 0.4) is 0 Å². The van der Waals surface area contributed by atoms with Crippen molar-refractivity contribution in [2.45, 2.75) is 12.7 Å². The first kappa shape index (κ1) is 22.8. The number of hydrogen-bond acceptors (Lipinski definition) is 5. The summed E-state index contributed by atoms with van der Waals surface area (Å²) in [6, 6.07) is 11.8. The van der Waals surface area contributed by atoms with Gasteiger partial charge in [0.25, 0.3) is 0 Å². The molecule has 0 atom stereocenters. The number of carbonyl (C=O) groups excluding carboxylic acids is 2. The number of halogens is 3. The van der Waals surface area contributed by atoms with Crippen molar-refractivity contribution in [2.24, 2.45) is 0 Å². The summed E-state index contributed by atoms with van der Waals surface area (Å²) in [5.74, 6) is -0.654. The maximum absolute atomic E-state index is 12.7. The predicted octanol–water partition coefficient (Wildman–Crippen LogP) is 3.25. The Morgan fingerprint density at radius 1 is 1.00 bits per heavy atom. The molecule has 1 aliphatic rings. The van der Waals surface area contributed by atoms with Crippen molar-refractivity contribution in [1.29, 1.82) is 0 Å². The van der Waals surface area contributed by atoms with Crippen LogP contribution in [0.1, 0.15) is 21.5 Å². The number of anilines is 1. The predicted molar refractivity (Wildman–Crippen MR) is 110 cm³/mol. The van der Waals surface area contributed by atoms with Crippen molar-refractivity contribution in [3.8, 4) is 0 Å². The molecule has 2 aromatic rings. The second-order valence-electron chi connectivity index (χ2n) is 7.37. The molecule has 0 spiro atoms. The fourth-order valence-electron chi connectivity index (χ4n) is 3.41. The first-order valence-corrected chi connectivity index (χ1v) is 9.83. The molecule has 1 amide bonds. The maximum Gasteiger partial charge on any atom is 0.416 e. The molecule has 1 aliphatic heterocycles. The lowest BCUT2D eigenvalue weighted by Gasteiger charge is -2.34. The standard InChI is InChI=1S/C22H24F3N3O3/c1-31-21(30)17-3-2-4-19(13-17)26-20(29)15-28-11-9-27(10-12-28)14-16-5-7-18(8-6-16)22(23,24)25/h2-8,13H,9-12,14-15H2,1H3,(H,26,29). The monoisotopic (exact) mass is 435 g/mol. The fourth-order valence-corrected chi connectivity index (χ4v) is 3.41. The van der Waals surface area contributed by atoms with Gasteiger partial charge in [-0.1, -0.05) is 18.2 Å². The number of nitrogens with one attached hydrogen (secondary N) is 1. The molecule has 0 unspecified atom stereocenters. The van der Waals surface area contributed by atoms with Crippen molar-refractivity contribution in [2.75, 3.05) is 45.2 Å². The maximum atomic E-state index is 12.7. The highest BCUT2D eigenvalue weighted by Crippen LogP contribution is 2.29. The third-order valence-electron chi connectivity index (χ3n) is 5.09. The Kier molecular flexibility index (Phi) is 7.29. The van der Waals surface area contributed by atoms with E-state index in [1.165, 1.54) is 19.2 Å². The van der Waals surface area contributed by atoms with Crippen LogP contribution in [-0.4, -0.2) is 61.5 Å². The zero-order valence-corrected chi connectivity index (χ0v) is 17.1. The molecule has 6 nitrogen and oxygen atoms in total. The van der Waals surface area contributed by atoms with Gasteiger partial charge in [-0.05, 0) is 35.9 Å². The molecular weight excluding hydrogens is 411 g/mol. The highest BCUT2D eigenvalue weighted by Gasteiger charge is 2.30. The average Bonchev–Trinajstić information content (AvgIpc) is 2.74. The summed E-state index contributed by atoms with van der Waals surface area (Å²) in [5.41, 5.74) is 1.06. The van der Waals surface area contributed by atoms with E-state index in [-0.39, 0.29) is 12.5 Å². The number of ether oxygens (including phenoxy) is 1. The third-order valence-corrected chi connectivity index (χ3v) is 5.09. The molecule has 1 N–H and O–H groups in total. The molecule has 31 heavy (non-hydrogen) atoms. The summed E-state index contributed by atoms with van der Waals surface area (Å²) in [6.45, 7) is 3.57. The Balaban J connectivity index is 1.45. The van der Waals surface area contributed by atoms with Gasteiger partial charge >= 0.3 is 12.1 Å². The number of rotatable bonds is 6. The quantitative estimate of drug-likeness (QED) is 0.706. The van der Waals surface area contributed by atoms with Crippen LogP contribution in [-0.2, 0) is 22.3 Å². The van der Waals surface area contributed by atoms with Crippen LogP contribution in [0.25, 0.3) is 0 Å². The van der Waals surface area contributed by atoms with Gasteiger partial charge in [-0.2, -0.15) is 13.2 Å². The zero-order valence-electron chi connectivity index (χ0n) is 17.1. The number of esters is 1. The molecule has 1 heterocycles. The van der Waals surface area contributed by atoms with Gasteiger partial charge in [0.15, 0.2) is 0 Å². The molecule has 0 saturated carbocycles. The second-order valence-corrected chi connectivity index (χ2v) is 7.37. The van der Waals surface area contributed by atoms with Crippen LogP contribution >= 0.6 is 0 Å². The Labute approximate surface area is 178 Å². The highest BCUT2D eigenvalue weighted by molar-refractivity contribution is 5.95. The number of amides is 1. The van der Waals surface area contributed by atoms with Crippen molar-refractivity contribution < 1.29 is 27.5 Å². The lowest BCUT2D eigenvalue weighted by molar-refractivity contribution is -0.137. The largest absolute Gasteiger partial charge is 0.465 e. The van der Waals surface area contributed by atoms with Crippen LogP contribution < -0.4 is 5.32 Å². The van der Waals surface area contributed by atoms with E-state index >= 15 is 0 Å². The van der Waals surface area contributed by atoms with E-state index in [0.29, 0.717) is 44.0 Å². The first-order chi connectivity index (χ1) is 14.7. The van der Waals surface area contributed by atoms with Crippen LogP contribution in [0.2, 0.25) is 0 Å². The number of benzene rings is 2. The number of nitrogens with zero attached hydrogens (tertiary/aromatic N) is 2. The molecule has 0 aliphatic carbocycles. The Hall–Kier alpha value is -2.91. The minimum atomic E-state index is -4.33. The van der Waals surface area contributed by atoms with Gasteiger partial charge in [0, 0.05) is 38.4 Å². The Morgan fingerprint density at radius 2 is 1.65 bits per heavy atom. The van der Waals surface area contributed by atoms with E-state index in [1.807, 2.05) is 4.90 Å². The molecule has 0 bridgehead atoms. The summed E-state index contributed by atoms with van der Waals surface area (Å²) < 4.78 is 42.7. The molecule has 0 radical (unpaired) electrons. The van der Waals surface area contributed by atoms with Crippen LogP contribution in [0.5, 0.6) is 0 Å². The number of piperazine rings is 1. The third kappa shape index (κ3) is 6.53. The second kappa shape index (κ2) is 9.93. The van der Waals surface area contributed by atoms with Gasteiger partial charge in [-0.3, -0.25) is 14.6 Å². The molecular formula is C22H24F3N3O3. The molecule has 1 fully saturated rings. The topological polar surface area (TPSA) is 61.9 Å². The Bertz CT molecular complexity index is 908. The lowest BCUT2D eigenvalue weighted by Crippen LogP contribution is -2.48. The van der Waals surface area contributed by atoms with E-state index in [9.17, 15) is 22.8 Å². The summed E-state index contributed by atoms with van der Waals surface area (Å²) in [5, 5.41) is 2.78. The number of methoxy groups -OCH3 is 1. The van der Waals surface area contributed by atoms with Gasteiger partial charge in [0.2, 0.25) is 5.91 Å². The zero-order chi connectivity index (χ0) is 22.4. The molecule has 9 heteroatoms. The van der Waals surface area contributed by atoms with Crippen LogP contribution in [0.4, 0.5) is 18.9 Å². The normalized spacial score (nSPS) is 15.5. The lowest BCUT2D eigenvalue weighted by atomic mass is 10.1. The average molecular weight is 435 g/mol. The minimum Gasteiger partial charge on any atom is -0.465 e. The van der Waals surface area contributed by atoms with Crippen LogP contribution in [0.15, 0.2) is 48.5 Å². The fraction of sp³-hybridized carbons (Fsp3) is 0.364. The van der Waals surface area contributed by atoms with Gasteiger partial charge in [0.1, 0.15) is 0 Å². The van der Waals surface area contributed by atoms with E-state index in [0.717, 1.165) is 17.7 Å². The van der Waals surface area contributed by atoms with Crippen molar-refractivity contribution in [1.82, 2.24) is 9.80 Å². The summed E-state index contributed by atoms with van der Waals surface area (Å²) in [4.78, 5) is 28.1. The SMILES string of the molecule is COC(=O)c1cccc(NC(=O)CN2CCN(Cc3ccc(C(F)(F)F)cc3)CC2)c1.